The van der Waals surface area contributed by atoms with Crippen molar-refractivity contribution in [2.24, 2.45) is 0 Å². The van der Waals surface area contributed by atoms with Gasteiger partial charge >= 0.3 is 0 Å². The molecule has 4 heteroatoms. The van der Waals surface area contributed by atoms with Crippen LogP contribution in [-0.2, 0) is 0 Å². The Labute approximate surface area is 119 Å². The van der Waals surface area contributed by atoms with E-state index in [1.165, 1.54) is 0 Å². The molecule has 3 rings (SSSR count). The smallest absolute Gasteiger partial charge is 0.132 e. The van der Waals surface area contributed by atoms with Crippen LogP contribution in [0.1, 0.15) is 12.2 Å². The van der Waals surface area contributed by atoms with Crippen molar-refractivity contribution in [1.82, 2.24) is 15.3 Å². The fourth-order valence-electron chi connectivity index (χ4n) is 2.55. The van der Waals surface area contributed by atoms with Crippen molar-refractivity contribution in [2.75, 3.05) is 31.1 Å². The first-order chi connectivity index (χ1) is 9.83. The molecule has 1 saturated heterocycles. The van der Waals surface area contributed by atoms with Crippen LogP contribution in [0.4, 0.5) is 5.82 Å². The second kappa shape index (κ2) is 6.01. The number of nitrogens with zero attached hydrogens (tertiary/aromatic N) is 3. The van der Waals surface area contributed by atoms with Crippen molar-refractivity contribution in [1.29, 1.82) is 0 Å². The van der Waals surface area contributed by atoms with E-state index >= 15 is 0 Å². The number of aryl methyl sites for hydroxylation is 1. The molecule has 2 heterocycles. The highest BCUT2D eigenvalue weighted by atomic mass is 15.2. The predicted octanol–water partition coefficient (Wildman–Crippen LogP) is 2.25. The number of benzene rings is 1. The monoisotopic (exact) mass is 268 g/mol. The Kier molecular flexibility index (Phi) is 3.92. The van der Waals surface area contributed by atoms with Crippen LogP contribution in [0, 0.1) is 6.92 Å². The van der Waals surface area contributed by atoms with E-state index in [9.17, 15) is 0 Å². The quantitative estimate of drug-likeness (QED) is 0.907. The van der Waals surface area contributed by atoms with E-state index in [0.717, 1.165) is 55.5 Å². The third-order valence-electron chi connectivity index (χ3n) is 3.56. The van der Waals surface area contributed by atoms with Gasteiger partial charge < -0.3 is 10.2 Å². The largest absolute Gasteiger partial charge is 0.355 e. The molecule has 1 fully saturated rings. The van der Waals surface area contributed by atoms with Crippen LogP contribution in [0.15, 0.2) is 36.4 Å². The Morgan fingerprint density at radius 2 is 1.90 bits per heavy atom. The maximum Gasteiger partial charge on any atom is 0.132 e. The first kappa shape index (κ1) is 13.1. The van der Waals surface area contributed by atoms with Gasteiger partial charge in [0.1, 0.15) is 11.6 Å². The molecule has 0 radical (unpaired) electrons. The zero-order valence-electron chi connectivity index (χ0n) is 11.8. The first-order valence-electron chi connectivity index (χ1n) is 7.20. The minimum Gasteiger partial charge on any atom is -0.355 e. The Bertz CT molecular complexity index is 560. The Hall–Kier alpha value is -1.94. The molecule has 1 aromatic carbocycles. The van der Waals surface area contributed by atoms with Gasteiger partial charge in [-0.3, -0.25) is 0 Å². The molecule has 1 aliphatic rings. The summed E-state index contributed by atoms with van der Waals surface area (Å²) >= 11 is 0. The molecule has 4 nitrogen and oxygen atoms in total. The lowest BCUT2D eigenvalue weighted by Crippen LogP contribution is -2.28. The highest BCUT2D eigenvalue weighted by Gasteiger charge is 2.13. The van der Waals surface area contributed by atoms with Crippen LogP contribution in [0.25, 0.3) is 11.3 Å². The summed E-state index contributed by atoms with van der Waals surface area (Å²) in [7, 11) is 0. The van der Waals surface area contributed by atoms with E-state index in [4.69, 9.17) is 0 Å². The zero-order chi connectivity index (χ0) is 13.8. The maximum atomic E-state index is 4.61. The van der Waals surface area contributed by atoms with Crippen LogP contribution in [0.3, 0.4) is 0 Å². The number of rotatable bonds is 2. The Morgan fingerprint density at radius 1 is 1.05 bits per heavy atom. The fraction of sp³-hybridized carbons (Fsp3) is 0.375. The van der Waals surface area contributed by atoms with Crippen molar-refractivity contribution in [3.05, 3.63) is 42.2 Å². The highest BCUT2D eigenvalue weighted by molar-refractivity contribution is 5.62. The van der Waals surface area contributed by atoms with Gasteiger partial charge in [0, 0.05) is 31.3 Å². The number of hydrogen-bond acceptors (Lipinski definition) is 4. The highest BCUT2D eigenvalue weighted by Crippen LogP contribution is 2.22. The minimum atomic E-state index is 0.832. The van der Waals surface area contributed by atoms with Crippen molar-refractivity contribution in [3.8, 4) is 11.3 Å². The summed E-state index contributed by atoms with van der Waals surface area (Å²) in [6, 6.07) is 12.4. The third-order valence-corrected chi connectivity index (χ3v) is 3.56. The molecule has 104 valence electrons. The topological polar surface area (TPSA) is 41.1 Å². The van der Waals surface area contributed by atoms with Crippen LogP contribution in [0.5, 0.6) is 0 Å². The van der Waals surface area contributed by atoms with Gasteiger partial charge in [-0.05, 0) is 19.9 Å². The third kappa shape index (κ3) is 2.96. The summed E-state index contributed by atoms with van der Waals surface area (Å²) in [6.45, 7) is 6.13. The van der Waals surface area contributed by atoms with Crippen molar-refractivity contribution < 1.29 is 0 Å². The van der Waals surface area contributed by atoms with Crippen LogP contribution in [-0.4, -0.2) is 36.1 Å². The molecule has 20 heavy (non-hydrogen) atoms. The second-order valence-electron chi connectivity index (χ2n) is 5.12. The summed E-state index contributed by atoms with van der Waals surface area (Å²) in [5.41, 5.74) is 2.15. The molecular weight excluding hydrogens is 248 g/mol. The lowest BCUT2D eigenvalue weighted by Gasteiger charge is -2.21. The van der Waals surface area contributed by atoms with E-state index in [-0.39, 0.29) is 0 Å². The van der Waals surface area contributed by atoms with E-state index < -0.39 is 0 Å². The lowest BCUT2D eigenvalue weighted by molar-refractivity contribution is 0.724. The molecule has 0 bridgehead atoms. The Balaban J connectivity index is 1.94. The zero-order valence-corrected chi connectivity index (χ0v) is 11.8. The molecule has 1 N–H and O–H groups in total. The van der Waals surface area contributed by atoms with Gasteiger partial charge in [-0.2, -0.15) is 0 Å². The van der Waals surface area contributed by atoms with Gasteiger partial charge in [0.15, 0.2) is 0 Å². The van der Waals surface area contributed by atoms with E-state index in [1.807, 2.05) is 25.1 Å². The van der Waals surface area contributed by atoms with Crippen LogP contribution >= 0.6 is 0 Å². The van der Waals surface area contributed by atoms with Gasteiger partial charge in [-0.15, -0.1) is 0 Å². The molecular formula is C16H20N4. The van der Waals surface area contributed by atoms with E-state index in [2.05, 4.69) is 38.4 Å². The average Bonchev–Trinajstić information content (AvgIpc) is 2.77. The van der Waals surface area contributed by atoms with E-state index in [0.29, 0.717) is 0 Å². The van der Waals surface area contributed by atoms with Gasteiger partial charge in [-0.1, -0.05) is 30.3 Å². The molecule has 0 spiro atoms. The summed E-state index contributed by atoms with van der Waals surface area (Å²) in [4.78, 5) is 11.5. The maximum absolute atomic E-state index is 4.61. The van der Waals surface area contributed by atoms with Crippen molar-refractivity contribution in [3.63, 3.8) is 0 Å². The second-order valence-corrected chi connectivity index (χ2v) is 5.12. The summed E-state index contributed by atoms with van der Waals surface area (Å²) in [5.74, 6) is 1.87. The fourth-order valence-corrected chi connectivity index (χ4v) is 2.55. The number of hydrogen-bond donors (Lipinski definition) is 1. The van der Waals surface area contributed by atoms with Gasteiger partial charge in [0.05, 0.1) is 5.69 Å². The van der Waals surface area contributed by atoms with Gasteiger partial charge in [0.2, 0.25) is 0 Å². The SMILES string of the molecule is Cc1nc(-c2ccccc2)cc(N2CCCNCC2)n1. The molecule has 0 atom stereocenters. The minimum absolute atomic E-state index is 0.832. The molecule has 0 saturated carbocycles. The summed E-state index contributed by atoms with van der Waals surface area (Å²) in [5, 5.41) is 3.42. The average molecular weight is 268 g/mol. The van der Waals surface area contributed by atoms with Gasteiger partial charge in [0.25, 0.3) is 0 Å². The number of aromatic nitrogens is 2. The van der Waals surface area contributed by atoms with E-state index in [1.54, 1.807) is 0 Å². The lowest BCUT2D eigenvalue weighted by atomic mass is 10.1. The summed E-state index contributed by atoms with van der Waals surface area (Å²) in [6.07, 6.45) is 1.16. The normalized spacial score (nSPS) is 15.9. The standard InChI is InChI=1S/C16H20N4/c1-13-18-15(14-6-3-2-4-7-14)12-16(19-13)20-10-5-8-17-9-11-20/h2-4,6-7,12,17H,5,8-11H2,1H3. The van der Waals surface area contributed by atoms with Crippen molar-refractivity contribution in [2.45, 2.75) is 13.3 Å². The Morgan fingerprint density at radius 3 is 2.75 bits per heavy atom. The number of anilines is 1. The van der Waals surface area contributed by atoms with Crippen LogP contribution in [0.2, 0.25) is 0 Å². The predicted molar refractivity (Wildman–Crippen MR) is 81.9 cm³/mol. The summed E-state index contributed by atoms with van der Waals surface area (Å²) < 4.78 is 0. The van der Waals surface area contributed by atoms with Crippen LogP contribution < -0.4 is 10.2 Å². The molecule has 2 aromatic rings. The molecule has 0 aliphatic carbocycles. The first-order valence-corrected chi connectivity index (χ1v) is 7.20. The molecule has 1 aliphatic heterocycles. The molecule has 1 aromatic heterocycles. The number of nitrogens with one attached hydrogen (secondary N) is 1. The molecule has 0 unspecified atom stereocenters. The van der Waals surface area contributed by atoms with Crippen molar-refractivity contribution >= 4 is 5.82 Å². The van der Waals surface area contributed by atoms with Gasteiger partial charge in [-0.25, -0.2) is 9.97 Å². The molecule has 0 amide bonds.